The van der Waals surface area contributed by atoms with Crippen molar-refractivity contribution < 1.29 is 23.5 Å². The molecule has 0 bridgehead atoms. The van der Waals surface area contributed by atoms with Crippen LogP contribution in [0.25, 0.3) is 0 Å². The molecule has 0 aromatic rings. The van der Waals surface area contributed by atoms with Crippen LogP contribution >= 0.6 is 0 Å². The molecule has 0 heterocycles. The Bertz CT molecular complexity index is 200. The molecule has 0 rings (SSSR count). The third-order valence-corrected chi connectivity index (χ3v) is 0.880. The average Bonchev–Trinajstić information content (AvgIpc) is 1.97. The van der Waals surface area contributed by atoms with E-state index in [1.54, 1.807) is 0 Å². The summed E-state index contributed by atoms with van der Waals surface area (Å²) >= 11 is 0. The molecule has 0 N–H and O–H groups in total. The minimum absolute atomic E-state index is 0.165. The Labute approximate surface area is 69.0 Å². The molecule has 0 spiro atoms. The summed E-state index contributed by atoms with van der Waals surface area (Å²) in [6.45, 7) is 4.34. The van der Waals surface area contributed by atoms with Crippen LogP contribution < -0.4 is 0 Å². The zero-order chi connectivity index (χ0) is 9.56. The van der Waals surface area contributed by atoms with Crippen LogP contribution in [0.2, 0.25) is 0 Å². The maximum atomic E-state index is 11.4. The van der Waals surface area contributed by atoms with Gasteiger partial charge in [-0.1, -0.05) is 6.58 Å². The monoisotopic (exact) mass is 176 g/mol. The first kappa shape index (κ1) is 10.6. The lowest BCUT2D eigenvalue weighted by atomic mass is 10.4. The van der Waals surface area contributed by atoms with Crippen molar-refractivity contribution in [2.45, 2.75) is 6.92 Å². The van der Waals surface area contributed by atoms with Gasteiger partial charge in [0.05, 0.1) is 0 Å². The van der Waals surface area contributed by atoms with Crippen molar-refractivity contribution in [3.8, 4) is 0 Å². The van der Waals surface area contributed by atoms with Crippen LogP contribution in [0, 0.1) is 0 Å². The van der Waals surface area contributed by atoms with Crippen LogP contribution in [0.15, 0.2) is 12.2 Å². The van der Waals surface area contributed by atoms with E-state index in [1.807, 2.05) is 0 Å². The van der Waals surface area contributed by atoms with E-state index in [2.05, 4.69) is 16.1 Å². The Morgan fingerprint density at radius 2 is 1.83 bits per heavy atom. The Balaban J connectivity index is 3.38. The number of ether oxygens (including phenoxy) is 2. The Morgan fingerprint density at radius 1 is 1.33 bits per heavy atom. The molecule has 12 heavy (non-hydrogen) atoms. The van der Waals surface area contributed by atoms with Crippen molar-refractivity contribution >= 4 is 12.2 Å². The molecule has 0 aliphatic rings. The molecule has 0 aromatic carbocycles. The van der Waals surface area contributed by atoms with Gasteiger partial charge in [-0.3, -0.25) is 0 Å². The first-order chi connectivity index (χ1) is 5.54. The van der Waals surface area contributed by atoms with Crippen LogP contribution in [0.4, 0.5) is 9.18 Å². The van der Waals surface area contributed by atoms with Crippen molar-refractivity contribution in [2.24, 2.45) is 0 Å². The molecule has 5 heteroatoms. The molecule has 0 saturated heterocycles. The first-order valence-corrected chi connectivity index (χ1v) is 3.19. The van der Waals surface area contributed by atoms with Crippen molar-refractivity contribution in [1.82, 2.24) is 0 Å². The third kappa shape index (κ3) is 5.40. The summed E-state index contributed by atoms with van der Waals surface area (Å²) in [4.78, 5) is 20.2. The van der Waals surface area contributed by atoms with E-state index in [9.17, 15) is 14.0 Å². The molecular formula is C7H9FO4. The highest BCUT2D eigenvalue weighted by Gasteiger charge is 2.03. The molecule has 0 fully saturated rings. The number of carbonyl (C=O) groups excluding carboxylic acids is 2. The van der Waals surface area contributed by atoms with Crippen LogP contribution in [0.5, 0.6) is 0 Å². The van der Waals surface area contributed by atoms with Gasteiger partial charge in [-0.15, -0.1) is 4.39 Å². The molecule has 68 valence electrons. The lowest BCUT2D eigenvalue weighted by Crippen LogP contribution is -2.11. The van der Waals surface area contributed by atoms with E-state index in [-0.39, 0.29) is 18.8 Å². The topological polar surface area (TPSA) is 52.6 Å². The van der Waals surface area contributed by atoms with Crippen LogP contribution in [-0.4, -0.2) is 25.4 Å². The van der Waals surface area contributed by atoms with E-state index >= 15 is 0 Å². The maximum Gasteiger partial charge on any atom is 0.495 e. The predicted octanol–water partition coefficient (Wildman–Crippen LogP) is 1.21. The summed E-state index contributed by atoms with van der Waals surface area (Å²) in [7, 11) is 0. The third-order valence-electron chi connectivity index (χ3n) is 0.880. The highest BCUT2D eigenvalue weighted by atomic mass is 19.1. The number of esters is 1. The van der Waals surface area contributed by atoms with Gasteiger partial charge in [0.25, 0.3) is 0 Å². The second-order valence-corrected chi connectivity index (χ2v) is 2.00. The number of rotatable bonds is 4. The molecule has 0 aliphatic heterocycles. The largest absolute Gasteiger partial charge is 0.495 e. The zero-order valence-corrected chi connectivity index (χ0v) is 6.63. The van der Waals surface area contributed by atoms with Gasteiger partial charge in [-0.05, 0) is 6.92 Å². The lowest BCUT2D eigenvalue weighted by Gasteiger charge is -2.02. The van der Waals surface area contributed by atoms with Gasteiger partial charge in [0.15, 0.2) is 0 Å². The van der Waals surface area contributed by atoms with Crippen molar-refractivity contribution in [3.63, 3.8) is 0 Å². The number of hydrogen-bond acceptors (Lipinski definition) is 4. The number of carbonyl (C=O) groups is 2. The smallest absolute Gasteiger partial charge is 0.459 e. The zero-order valence-electron chi connectivity index (χ0n) is 6.63. The molecule has 0 unspecified atom stereocenters. The van der Waals surface area contributed by atoms with Crippen molar-refractivity contribution in [3.05, 3.63) is 12.2 Å². The molecule has 0 aliphatic carbocycles. The molecule has 0 amide bonds. The van der Waals surface area contributed by atoms with E-state index in [0.29, 0.717) is 0 Å². The standard InChI is InChI=1S/C7H9FO4/c1-5(2)6(9)11-3-4-12-7(8)10/h1,3-4H2,2H3. The molecule has 4 nitrogen and oxygen atoms in total. The van der Waals surface area contributed by atoms with E-state index in [0.717, 1.165) is 0 Å². The molecule has 0 aromatic heterocycles. The molecular weight excluding hydrogens is 167 g/mol. The van der Waals surface area contributed by atoms with Gasteiger partial charge in [0, 0.05) is 5.57 Å². The second kappa shape index (κ2) is 5.29. The summed E-state index contributed by atoms with van der Waals surface area (Å²) in [6, 6.07) is 0. The van der Waals surface area contributed by atoms with Gasteiger partial charge >= 0.3 is 12.2 Å². The van der Waals surface area contributed by atoms with Crippen molar-refractivity contribution in [2.75, 3.05) is 13.2 Å². The lowest BCUT2D eigenvalue weighted by molar-refractivity contribution is -0.140. The van der Waals surface area contributed by atoms with Gasteiger partial charge in [-0.25, -0.2) is 9.59 Å². The number of hydrogen-bond donors (Lipinski definition) is 0. The first-order valence-electron chi connectivity index (χ1n) is 3.19. The molecule has 0 saturated carbocycles. The fraction of sp³-hybridized carbons (Fsp3) is 0.429. The summed E-state index contributed by atoms with van der Waals surface area (Å²) in [5.74, 6) is -0.593. The summed E-state index contributed by atoms with van der Waals surface area (Å²) in [6.07, 6.45) is -1.89. The summed E-state index contributed by atoms with van der Waals surface area (Å²) < 4.78 is 19.7. The molecule has 0 atom stereocenters. The van der Waals surface area contributed by atoms with Gasteiger partial charge < -0.3 is 9.47 Å². The van der Waals surface area contributed by atoms with Gasteiger partial charge in [-0.2, -0.15) is 0 Å². The Morgan fingerprint density at radius 3 is 2.25 bits per heavy atom. The minimum Gasteiger partial charge on any atom is -0.459 e. The highest BCUT2D eigenvalue weighted by molar-refractivity contribution is 5.86. The van der Waals surface area contributed by atoms with Gasteiger partial charge in [0.2, 0.25) is 0 Å². The second-order valence-electron chi connectivity index (χ2n) is 2.00. The summed E-state index contributed by atoms with van der Waals surface area (Å²) in [5.41, 5.74) is 0.238. The maximum absolute atomic E-state index is 11.4. The fourth-order valence-electron chi connectivity index (χ4n) is 0.379. The Hall–Kier alpha value is -1.39. The Kier molecular flexibility index (Phi) is 4.67. The van der Waals surface area contributed by atoms with Crippen LogP contribution in [-0.2, 0) is 14.3 Å². The highest BCUT2D eigenvalue weighted by Crippen LogP contribution is 1.91. The van der Waals surface area contributed by atoms with E-state index in [4.69, 9.17) is 0 Å². The van der Waals surface area contributed by atoms with E-state index < -0.39 is 12.2 Å². The summed E-state index contributed by atoms with van der Waals surface area (Å²) in [5, 5.41) is 0. The van der Waals surface area contributed by atoms with Gasteiger partial charge in [0.1, 0.15) is 13.2 Å². The SMILES string of the molecule is C=C(C)C(=O)OCCOC(=O)F. The fourth-order valence-corrected chi connectivity index (χ4v) is 0.379. The van der Waals surface area contributed by atoms with Crippen LogP contribution in [0.1, 0.15) is 6.92 Å². The normalized spacial score (nSPS) is 8.83. The quantitative estimate of drug-likeness (QED) is 0.279. The van der Waals surface area contributed by atoms with E-state index in [1.165, 1.54) is 6.92 Å². The predicted molar refractivity (Wildman–Crippen MR) is 38.2 cm³/mol. The van der Waals surface area contributed by atoms with Crippen molar-refractivity contribution in [1.29, 1.82) is 0 Å². The minimum atomic E-state index is -1.89. The average molecular weight is 176 g/mol. The van der Waals surface area contributed by atoms with Crippen LogP contribution in [0.3, 0.4) is 0 Å². The number of halogens is 1. The molecule has 0 radical (unpaired) electrons.